The smallest absolute Gasteiger partial charge is 0.126 e. The third-order valence-corrected chi connectivity index (χ3v) is 3.85. The number of anilines is 1. The van der Waals surface area contributed by atoms with Crippen LogP contribution in [0.5, 0.6) is 0 Å². The molecule has 3 aromatic rings. The summed E-state index contributed by atoms with van der Waals surface area (Å²) in [6.07, 6.45) is 0. The van der Waals surface area contributed by atoms with Gasteiger partial charge in [0.2, 0.25) is 0 Å². The van der Waals surface area contributed by atoms with Crippen molar-refractivity contribution in [2.45, 2.75) is 0 Å². The van der Waals surface area contributed by atoms with Crippen LogP contribution in [-0.2, 0) is 0 Å². The Balaban J connectivity index is 2.19. The topological polar surface area (TPSA) is 24.9 Å². The molecule has 0 radical (unpaired) electrons. The van der Waals surface area contributed by atoms with Crippen molar-refractivity contribution < 1.29 is 4.39 Å². The fourth-order valence-electron chi connectivity index (χ4n) is 1.90. The molecule has 1 aromatic heterocycles. The average molecular weight is 258 g/mol. The number of para-hydroxylation sites is 1. The Bertz CT molecular complexity index is 706. The summed E-state index contributed by atoms with van der Waals surface area (Å²) in [5.41, 5.74) is 2.78. The Labute approximate surface area is 108 Å². The summed E-state index contributed by atoms with van der Waals surface area (Å²) >= 11 is 1.57. The van der Waals surface area contributed by atoms with E-state index in [1.54, 1.807) is 17.4 Å². The van der Waals surface area contributed by atoms with Gasteiger partial charge in [-0.15, -0.1) is 11.3 Å². The molecule has 90 valence electrons. The van der Waals surface area contributed by atoms with E-state index in [9.17, 15) is 4.39 Å². The van der Waals surface area contributed by atoms with Gasteiger partial charge in [0.05, 0.1) is 10.2 Å². The standard InChI is InChI=1S/C14H11FN2S/c1-16-11-5-3-2-4-10(11)14-17-12-8-9(15)6-7-13(12)18-14/h2-8,16H,1H3. The summed E-state index contributed by atoms with van der Waals surface area (Å²) < 4.78 is 14.1. The lowest BCUT2D eigenvalue weighted by molar-refractivity contribution is 0.629. The SMILES string of the molecule is CNc1ccccc1-c1nc2cc(F)ccc2s1. The molecule has 0 aliphatic heterocycles. The zero-order valence-electron chi connectivity index (χ0n) is 9.77. The van der Waals surface area contributed by atoms with E-state index in [0.717, 1.165) is 21.0 Å². The van der Waals surface area contributed by atoms with Crippen LogP contribution in [0.25, 0.3) is 20.8 Å². The van der Waals surface area contributed by atoms with Crippen molar-refractivity contribution in [2.24, 2.45) is 0 Å². The Morgan fingerprint density at radius 2 is 2.00 bits per heavy atom. The molecule has 1 heterocycles. The predicted molar refractivity (Wildman–Crippen MR) is 74.6 cm³/mol. The van der Waals surface area contributed by atoms with Crippen LogP contribution in [0.2, 0.25) is 0 Å². The number of halogens is 1. The summed E-state index contributed by atoms with van der Waals surface area (Å²) in [5, 5.41) is 4.05. The van der Waals surface area contributed by atoms with Crippen molar-refractivity contribution in [3.63, 3.8) is 0 Å². The van der Waals surface area contributed by atoms with Crippen molar-refractivity contribution in [3.8, 4) is 10.6 Å². The minimum absolute atomic E-state index is 0.249. The minimum Gasteiger partial charge on any atom is -0.388 e. The zero-order chi connectivity index (χ0) is 12.5. The fraction of sp³-hybridized carbons (Fsp3) is 0.0714. The van der Waals surface area contributed by atoms with Crippen LogP contribution in [0.1, 0.15) is 0 Å². The largest absolute Gasteiger partial charge is 0.388 e. The zero-order valence-corrected chi connectivity index (χ0v) is 10.6. The van der Waals surface area contributed by atoms with Gasteiger partial charge in [-0.05, 0) is 24.3 Å². The van der Waals surface area contributed by atoms with Crippen LogP contribution in [0, 0.1) is 5.82 Å². The first-order chi connectivity index (χ1) is 8.78. The van der Waals surface area contributed by atoms with Gasteiger partial charge in [0, 0.05) is 24.4 Å². The molecule has 0 spiro atoms. The van der Waals surface area contributed by atoms with Gasteiger partial charge >= 0.3 is 0 Å². The maximum atomic E-state index is 13.1. The number of hydrogen-bond donors (Lipinski definition) is 1. The van der Waals surface area contributed by atoms with Gasteiger partial charge in [-0.25, -0.2) is 9.37 Å². The molecule has 0 saturated heterocycles. The highest BCUT2D eigenvalue weighted by molar-refractivity contribution is 7.21. The molecule has 2 aromatic carbocycles. The molecule has 18 heavy (non-hydrogen) atoms. The number of rotatable bonds is 2. The van der Waals surface area contributed by atoms with E-state index in [2.05, 4.69) is 10.3 Å². The predicted octanol–water partition coefficient (Wildman–Crippen LogP) is 4.14. The summed E-state index contributed by atoms with van der Waals surface area (Å²) in [4.78, 5) is 4.49. The highest BCUT2D eigenvalue weighted by Gasteiger charge is 2.09. The summed E-state index contributed by atoms with van der Waals surface area (Å²) in [5.74, 6) is -0.249. The lowest BCUT2D eigenvalue weighted by Crippen LogP contribution is -1.90. The number of fused-ring (bicyclic) bond motifs is 1. The van der Waals surface area contributed by atoms with Crippen molar-refractivity contribution in [2.75, 3.05) is 12.4 Å². The van der Waals surface area contributed by atoms with E-state index in [0.29, 0.717) is 5.52 Å². The number of hydrogen-bond acceptors (Lipinski definition) is 3. The summed E-state index contributed by atoms with van der Waals surface area (Å²) in [6, 6.07) is 12.7. The molecular formula is C14H11FN2S. The van der Waals surface area contributed by atoms with Crippen LogP contribution in [-0.4, -0.2) is 12.0 Å². The van der Waals surface area contributed by atoms with E-state index in [-0.39, 0.29) is 5.82 Å². The highest BCUT2D eigenvalue weighted by atomic mass is 32.1. The van der Waals surface area contributed by atoms with Gasteiger partial charge in [0.15, 0.2) is 0 Å². The molecule has 0 saturated carbocycles. The maximum Gasteiger partial charge on any atom is 0.126 e. The van der Waals surface area contributed by atoms with Crippen LogP contribution >= 0.6 is 11.3 Å². The number of nitrogens with one attached hydrogen (secondary N) is 1. The Hall–Kier alpha value is -1.94. The molecule has 0 unspecified atom stereocenters. The van der Waals surface area contributed by atoms with Crippen LogP contribution in [0.15, 0.2) is 42.5 Å². The maximum absolute atomic E-state index is 13.1. The number of thiazole rings is 1. The first-order valence-corrected chi connectivity index (χ1v) is 6.43. The Morgan fingerprint density at radius 3 is 2.83 bits per heavy atom. The van der Waals surface area contributed by atoms with E-state index >= 15 is 0 Å². The molecule has 0 atom stereocenters. The monoisotopic (exact) mass is 258 g/mol. The fourth-order valence-corrected chi connectivity index (χ4v) is 2.89. The van der Waals surface area contributed by atoms with E-state index in [1.165, 1.54) is 12.1 Å². The summed E-state index contributed by atoms with van der Waals surface area (Å²) in [7, 11) is 1.88. The Kier molecular flexibility index (Phi) is 2.72. The van der Waals surface area contributed by atoms with Crippen molar-refractivity contribution in [1.82, 2.24) is 4.98 Å². The van der Waals surface area contributed by atoms with Gasteiger partial charge in [0.1, 0.15) is 10.8 Å². The van der Waals surface area contributed by atoms with E-state index in [1.807, 2.05) is 31.3 Å². The molecule has 3 rings (SSSR count). The van der Waals surface area contributed by atoms with E-state index in [4.69, 9.17) is 0 Å². The first kappa shape index (κ1) is 11.2. The molecule has 2 nitrogen and oxygen atoms in total. The molecule has 0 amide bonds. The second kappa shape index (κ2) is 4.38. The molecule has 0 bridgehead atoms. The molecule has 0 fully saturated rings. The van der Waals surface area contributed by atoms with Crippen LogP contribution in [0.3, 0.4) is 0 Å². The van der Waals surface area contributed by atoms with Crippen molar-refractivity contribution in [1.29, 1.82) is 0 Å². The van der Waals surface area contributed by atoms with Gasteiger partial charge in [-0.2, -0.15) is 0 Å². The Morgan fingerprint density at radius 1 is 1.17 bits per heavy atom. The molecule has 4 heteroatoms. The van der Waals surface area contributed by atoms with Crippen molar-refractivity contribution in [3.05, 3.63) is 48.3 Å². The number of nitrogens with zero attached hydrogens (tertiary/aromatic N) is 1. The van der Waals surface area contributed by atoms with Crippen LogP contribution < -0.4 is 5.32 Å². The third-order valence-electron chi connectivity index (χ3n) is 2.78. The second-order valence-electron chi connectivity index (χ2n) is 3.93. The number of aromatic nitrogens is 1. The highest BCUT2D eigenvalue weighted by Crippen LogP contribution is 2.34. The van der Waals surface area contributed by atoms with Gasteiger partial charge in [-0.1, -0.05) is 12.1 Å². The van der Waals surface area contributed by atoms with Gasteiger partial charge < -0.3 is 5.32 Å². The molecular weight excluding hydrogens is 247 g/mol. The average Bonchev–Trinajstić information content (AvgIpc) is 2.81. The molecule has 0 aliphatic carbocycles. The van der Waals surface area contributed by atoms with Gasteiger partial charge in [0.25, 0.3) is 0 Å². The van der Waals surface area contributed by atoms with E-state index < -0.39 is 0 Å². The first-order valence-electron chi connectivity index (χ1n) is 5.61. The second-order valence-corrected chi connectivity index (χ2v) is 4.96. The van der Waals surface area contributed by atoms with Crippen molar-refractivity contribution >= 4 is 27.2 Å². The normalized spacial score (nSPS) is 10.8. The molecule has 1 N–H and O–H groups in total. The quantitative estimate of drug-likeness (QED) is 0.747. The summed E-state index contributed by atoms with van der Waals surface area (Å²) in [6.45, 7) is 0. The lowest BCUT2D eigenvalue weighted by atomic mass is 10.2. The minimum atomic E-state index is -0.249. The number of benzene rings is 2. The molecule has 0 aliphatic rings. The lowest BCUT2D eigenvalue weighted by Gasteiger charge is -2.04. The third kappa shape index (κ3) is 1.84. The van der Waals surface area contributed by atoms with Gasteiger partial charge in [-0.3, -0.25) is 0 Å². The van der Waals surface area contributed by atoms with Crippen LogP contribution in [0.4, 0.5) is 10.1 Å².